The Hall–Kier alpha value is -3.15. The van der Waals surface area contributed by atoms with Crippen molar-refractivity contribution in [2.45, 2.75) is 56.3 Å². The molecule has 0 bridgehead atoms. The third kappa shape index (κ3) is 5.67. The van der Waals surface area contributed by atoms with E-state index in [4.69, 9.17) is 20.5 Å². The van der Waals surface area contributed by atoms with Gasteiger partial charge in [-0.15, -0.1) is 0 Å². The summed E-state index contributed by atoms with van der Waals surface area (Å²) < 4.78 is 37.8. The van der Waals surface area contributed by atoms with Gasteiger partial charge in [-0.2, -0.15) is 8.42 Å². The first-order valence-corrected chi connectivity index (χ1v) is 15.8. The maximum atomic E-state index is 13.4. The molecule has 1 aliphatic heterocycles. The van der Waals surface area contributed by atoms with E-state index in [0.29, 0.717) is 58.8 Å². The van der Waals surface area contributed by atoms with E-state index in [2.05, 4.69) is 15.9 Å². The smallest absolute Gasteiger partial charge is 0.339 e. The van der Waals surface area contributed by atoms with Crippen LogP contribution in [0.3, 0.4) is 0 Å². The van der Waals surface area contributed by atoms with Gasteiger partial charge < -0.3 is 18.9 Å². The van der Waals surface area contributed by atoms with Crippen molar-refractivity contribution in [2.24, 2.45) is 0 Å². The van der Waals surface area contributed by atoms with Crippen LogP contribution in [0, 0.1) is 0 Å². The number of ether oxygens (including phenoxy) is 1. The molecule has 0 radical (unpaired) electrons. The predicted molar refractivity (Wildman–Crippen MR) is 153 cm³/mol. The first-order chi connectivity index (χ1) is 19.5. The Morgan fingerprint density at radius 2 is 1.61 bits per heavy atom. The number of carboxylic acids is 1. The standard InChI is InChI=1S/C29H27BrClNO8S/c1-2-39-24-14-16(13-19(30)29(24)40-41(37,38)18-11-9-17(31)10-12-18)26-27-20(5-3-7-22(27)33)32(15-25(35)36)21-6-4-8-23(34)28(21)26/h9-14,26H,2-8,15H2,1H3,(H,35,36). The normalized spacial score (nSPS) is 17.9. The topological polar surface area (TPSA) is 127 Å². The molecule has 2 aromatic rings. The molecule has 2 aliphatic carbocycles. The lowest BCUT2D eigenvalue weighted by atomic mass is 9.71. The lowest BCUT2D eigenvalue weighted by Crippen LogP contribution is -2.41. The van der Waals surface area contributed by atoms with E-state index < -0.39 is 22.0 Å². The Morgan fingerprint density at radius 3 is 2.15 bits per heavy atom. The number of rotatable bonds is 8. The molecule has 9 nitrogen and oxygen atoms in total. The Bertz CT molecular complexity index is 1570. The second-order valence-electron chi connectivity index (χ2n) is 9.94. The van der Waals surface area contributed by atoms with Gasteiger partial charge in [-0.05, 0) is 90.5 Å². The number of carbonyl (C=O) groups is 3. The van der Waals surface area contributed by atoms with E-state index in [-0.39, 0.29) is 58.4 Å². The first-order valence-electron chi connectivity index (χ1n) is 13.2. The van der Waals surface area contributed by atoms with Crippen LogP contribution in [0.25, 0.3) is 0 Å². The average molecular weight is 665 g/mol. The fourth-order valence-electron chi connectivity index (χ4n) is 5.73. The van der Waals surface area contributed by atoms with Crippen molar-refractivity contribution in [2.75, 3.05) is 13.2 Å². The minimum absolute atomic E-state index is 0.0813. The molecule has 0 aromatic heterocycles. The molecule has 2 aromatic carbocycles. The van der Waals surface area contributed by atoms with Gasteiger partial charge in [0.2, 0.25) is 0 Å². The number of aliphatic carboxylic acids is 1. The van der Waals surface area contributed by atoms with Gasteiger partial charge in [0.15, 0.2) is 23.1 Å². The molecule has 0 fully saturated rings. The minimum atomic E-state index is -4.26. The maximum Gasteiger partial charge on any atom is 0.339 e. The molecule has 0 saturated carbocycles. The largest absolute Gasteiger partial charge is 0.490 e. The molecule has 216 valence electrons. The van der Waals surface area contributed by atoms with E-state index in [1.54, 1.807) is 24.0 Å². The summed E-state index contributed by atoms with van der Waals surface area (Å²) in [6.45, 7) is 1.58. The van der Waals surface area contributed by atoms with Gasteiger partial charge in [-0.25, -0.2) is 0 Å². The monoisotopic (exact) mass is 663 g/mol. The fourth-order valence-corrected chi connectivity index (χ4v) is 7.46. The van der Waals surface area contributed by atoms with Crippen molar-refractivity contribution in [3.8, 4) is 11.5 Å². The lowest BCUT2D eigenvalue weighted by Gasteiger charge is -2.43. The van der Waals surface area contributed by atoms with E-state index >= 15 is 0 Å². The highest BCUT2D eigenvalue weighted by Crippen LogP contribution is 2.51. The third-order valence-electron chi connectivity index (χ3n) is 7.34. The zero-order chi connectivity index (χ0) is 29.5. The number of carbonyl (C=O) groups excluding carboxylic acids is 2. The Kier molecular flexibility index (Phi) is 8.31. The number of benzene rings is 2. The fraction of sp³-hybridized carbons (Fsp3) is 0.345. The predicted octanol–water partition coefficient (Wildman–Crippen LogP) is 5.77. The first kappa shape index (κ1) is 29.3. The number of ketones is 2. The van der Waals surface area contributed by atoms with E-state index in [1.165, 1.54) is 24.3 Å². The molecule has 0 saturated heterocycles. The zero-order valence-corrected chi connectivity index (χ0v) is 25.3. The quantitative estimate of drug-likeness (QED) is 0.350. The van der Waals surface area contributed by atoms with E-state index in [9.17, 15) is 27.9 Å². The maximum absolute atomic E-state index is 13.4. The number of hydrogen-bond acceptors (Lipinski definition) is 8. The Balaban J connectivity index is 1.66. The van der Waals surface area contributed by atoms with Crippen LogP contribution in [-0.2, 0) is 24.5 Å². The summed E-state index contributed by atoms with van der Waals surface area (Å²) in [6.07, 6.45) is 2.76. The van der Waals surface area contributed by atoms with Gasteiger partial charge >= 0.3 is 16.1 Å². The lowest BCUT2D eigenvalue weighted by molar-refractivity contribution is -0.138. The number of halogens is 2. The SMILES string of the molecule is CCOc1cc(C2C3=C(CCCC3=O)N(CC(=O)O)C3=C2C(=O)CCC3)cc(Br)c1OS(=O)(=O)c1ccc(Cl)cc1. The van der Waals surface area contributed by atoms with Crippen LogP contribution in [0.2, 0.25) is 5.02 Å². The number of Topliss-reactive ketones (excluding diaryl/α,β-unsaturated/α-hetero) is 2. The summed E-state index contributed by atoms with van der Waals surface area (Å²) in [6, 6.07) is 8.76. The van der Waals surface area contributed by atoms with Crippen molar-refractivity contribution >= 4 is 55.2 Å². The number of allylic oxidation sites excluding steroid dienone is 4. The second-order valence-corrected chi connectivity index (χ2v) is 12.8. The molecule has 1 N–H and O–H groups in total. The van der Waals surface area contributed by atoms with Crippen LogP contribution in [0.15, 0.2) is 68.3 Å². The minimum Gasteiger partial charge on any atom is -0.490 e. The van der Waals surface area contributed by atoms with Crippen LogP contribution in [0.4, 0.5) is 0 Å². The molecule has 1 heterocycles. The van der Waals surface area contributed by atoms with Crippen LogP contribution >= 0.6 is 27.5 Å². The Labute approximate surface area is 251 Å². The molecule has 0 atom stereocenters. The van der Waals surface area contributed by atoms with Gasteiger partial charge in [-0.1, -0.05) is 11.6 Å². The summed E-state index contributed by atoms with van der Waals surface area (Å²) in [7, 11) is -4.26. The number of hydrogen-bond donors (Lipinski definition) is 1. The summed E-state index contributed by atoms with van der Waals surface area (Å²) in [5.74, 6) is -2.06. The highest BCUT2D eigenvalue weighted by molar-refractivity contribution is 9.10. The molecular weight excluding hydrogens is 638 g/mol. The molecular formula is C29H27BrClNO8S. The number of carboxylic acid groups (broad SMARTS) is 1. The summed E-state index contributed by atoms with van der Waals surface area (Å²) in [5, 5.41) is 10.0. The van der Waals surface area contributed by atoms with Crippen molar-refractivity contribution in [1.29, 1.82) is 0 Å². The van der Waals surface area contributed by atoms with Gasteiger partial charge in [-0.3, -0.25) is 14.4 Å². The molecule has 0 amide bonds. The summed E-state index contributed by atoms with van der Waals surface area (Å²) in [5.41, 5.74) is 2.60. The third-order valence-corrected chi connectivity index (χ3v) is 9.42. The van der Waals surface area contributed by atoms with Gasteiger partial charge in [0.25, 0.3) is 0 Å². The van der Waals surface area contributed by atoms with Crippen molar-refractivity contribution in [1.82, 2.24) is 4.90 Å². The van der Waals surface area contributed by atoms with Gasteiger partial charge in [0.05, 0.1) is 11.1 Å². The number of nitrogens with zero attached hydrogens (tertiary/aromatic N) is 1. The van der Waals surface area contributed by atoms with E-state index in [0.717, 1.165) is 0 Å². The zero-order valence-electron chi connectivity index (χ0n) is 22.1. The van der Waals surface area contributed by atoms with Gasteiger partial charge in [0.1, 0.15) is 11.4 Å². The molecule has 12 heteroatoms. The van der Waals surface area contributed by atoms with Crippen molar-refractivity contribution < 1.29 is 36.8 Å². The van der Waals surface area contributed by atoms with Crippen LogP contribution in [-0.4, -0.2) is 49.1 Å². The molecule has 0 unspecified atom stereocenters. The molecule has 3 aliphatic rings. The van der Waals surface area contributed by atoms with E-state index in [1.807, 2.05) is 0 Å². The second kappa shape index (κ2) is 11.6. The van der Waals surface area contributed by atoms with Crippen molar-refractivity contribution in [3.63, 3.8) is 0 Å². The average Bonchev–Trinajstić information content (AvgIpc) is 2.91. The molecule has 5 rings (SSSR count). The van der Waals surface area contributed by atoms with Crippen LogP contribution < -0.4 is 8.92 Å². The Morgan fingerprint density at radius 1 is 1.02 bits per heavy atom. The highest BCUT2D eigenvalue weighted by Gasteiger charge is 2.44. The van der Waals surface area contributed by atoms with Gasteiger partial charge in [0, 0.05) is 46.3 Å². The summed E-state index contributed by atoms with van der Waals surface area (Å²) in [4.78, 5) is 40.2. The van der Waals surface area contributed by atoms with Crippen LogP contribution in [0.5, 0.6) is 11.5 Å². The molecule has 0 spiro atoms. The highest BCUT2D eigenvalue weighted by atomic mass is 79.9. The molecule has 41 heavy (non-hydrogen) atoms. The van der Waals surface area contributed by atoms with Crippen molar-refractivity contribution in [3.05, 3.63) is 74.0 Å². The van der Waals surface area contributed by atoms with Crippen LogP contribution in [0.1, 0.15) is 56.9 Å². The summed E-state index contributed by atoms with van der Waals surface area (Å²) >= 11 is 9.35.